The summed E-state index contributed by atoms with van der Waals surface area (Å²) in [6, 6.07) is 5.71. The van der Waals surface area contributed by atoms with Crippen LogP contribution in [-0.2, 0) is 6.61 Å². The van der Waals surface area contributed by atoms with Gasteiger partial charge in [-0.25, -0.2) is 4.79 Å². The molecule has 0 atom stereocenters. The van der Waals surface area contributed by atoms with Crippen molar-refractivity contribution in [3.8, 4) is 5.75 Å². The van der Waals surface area contributed by atoms with Crippen molar-refractivity contribution in [2.75, 3.05) is 0 Å². The summed E-state index contributed by atoms with van der Waals surface area (Å²) in [5.74, 6) is -0.897. The number of ether oxygens (including phenoxy) is 1. The number of benzene rings is 1. The summed E-state index contributed by atoms with van der Waals surface area (Å²) < 4.78 is 10.3. The number of carboxylic acid groups (broad SMARTS) is 1. The Morgan fingerprint density at radius 2 is 2.20 bits per heavy atom. The molecule has 0 saturated carbocycles. The molecule has 0 bridgehead atoms. The lowest BCUT2D eigenvalue weighted by molar-refractivity contribution is -0.384. The number of hydrogen-bond donors (Lipinski definition) is 1. The molecule has 7 heteroatoms. The molecular weight excluding hydrogens is 266 g/mol. The highest BCUT2D eigenvalue weighted by atomic mass is 16.6. The summed E-state index contributed by atoms with van der Waals surface area (Å²) in [6.07, 6.45) is 1.27. The zero-order valence-electron chi connectivity index (χ0n) is 10.5. The Labute approximate surface area is 113 Å². The smallest absolute Gasteiger partial charge is 0.372 e. The standard InChI is InChI=1S/C13H11NO6/c1-8-6-10(14(17)18)2-3-11(8)20-7-9-4-5-19-12(9)13(15)16/h2-6H,7H2,1H3,(H,15,16). The van der Waals surface area contributed by atoms with E-state index in [0.717, 1.165) is 0 Å². The van der Waals surface area contributed by atoms with Gasteiger partial charge < -0.3 is 14.3 Å². The molecule has 0 aliphatic carbocycles. The van der Waals surface area contributed by atoms with Crippen LogP contribution >= 0.6 is 0 Å². The average molecular weight is 277 g/mol. The molecule has 0 spiro atoms. The fourth-order valence-electron chi connectivity index (χ4n) is 1.70. The molecule has 7 nitrogen and oxygen atoms in total. The highest BCUT2D eigenvalue weighted by Gasteiger charge is 2.15. The summed E-state index contributed by atoms with van der Waals surface area (Å²) in [4.78, 5) is 21.0. The Hall–Kier alpha value is -2.83. The molecule has 104 valence electrons. The zero-order chi connectivity index (χ0) is 14.7. The van der Waals surface area contributed by atoms with Gasteiger partial charge in [-0.1, -0.05) is 0 Å². The van der Waals surface area contributed by atoms with E-state index in [1.807, 2.05) is 0 Å². The Kier molecular flexibility index (Phi) is 3.69. The Morgan fingerprint density at radius 3 is 2.80 bits per heavy atom. The van der Waals surface area contributed by atoms with Crippen LogP contribution in [0.5, 0.6) is 5.75 Å². The lowest BCUT2D eigenvalue weighted by atomic mass is 10.2. The van der Waals surface area contributed by atoms with E-state index in [2.05, 4.69) is 0 Å². The molecule has 0 amide bonds. The monoisotopic (exact) mass is 277 g/mol. The number of non-ortho nitro benzene ring substituents is 1. The third-order valence-corrected chi connectivity index (χ3v) is 2.69. The number of nitrogens with zero attached hydrogens (tertiary/aromatic N) is 1. The van der Waals surface area contributed by atoms with E-state index < -0.39 is 10.9 Å². The number of rotatable bonds is 5. The molecule has 0 saturated heterocycles. The molecule has 0 aliphatic heterocycles. The van der Waals surface area contributed by atoms with Gasteiger partial charge in [0.25, 0.3) is 5.69 Å². The van der Waals surface area contributed by atoms with Crippen LogP contribution in [0.25, 0.3) is 0 Å². The summed E-state index contributed by atoms with van der Waals surface area (Å²) in [5.41, 5.74) is 0.971. The SMILES string of the molecule is Cc1cc([N+](=O)[O-])ccc1OCc1ccoc1C(=O)O. The summed E-state index contributed by atoms with van der Waals surface area (Å²) in [5, 5.41) is 19.5. The van der Waals surface area contributed by atoms with E-state index in [1.165, 1.54) is 30.5 Å². The first-order valence-electron chi connectivity index (χ1n) is 5.66. The maximum Gasteiger partial charge on any atom is 0.372 e. The van der Waals surface area contributed by atoms with Gasteiger partial charge in [0.2, 0.25) is 5.76 Å². The third-order valence-electron chi connectivity index (χ3n) is 2.69. The predicted molar refractivity (Wildman–Crippen MR) is 67.8 cm³/mol. The maximum absolute atomic E-state index is 10.9. The van der Waals surface area contributed by atoms with Gasteiger partial charge >= 0.3 is 5.97 Å². The molecular formula is C13H11NO6. The van der Waals surface area contributed by atoms with Crippen LogP contribution in [0.4, 0.5) is 5.69 Å². The topological polar surface area (TPSA) is 103 Å². The second-order valence-corrected chi connectivity index (χ2v) is 4.08. The van der Waals surface area contributed by atoms with Gasteiger partial charge in [-0.05, 0) is 24.6 Å². The molecule has 1 N–H and O–H groups in total. The Morgan fingerprint density at radius 1 is 1.45 bits per heavy atom. The van der Waals surface area contributed by atoms with Crippen molar-refractivity contribution in [2.45, 2.75) is 13.5 Å². The van der Waals surface area contributed by atoms with Crippen LogP contribution < -0.4 is 4.74 Å². The molecule has 2 aromatic rings. The van der Waals surface area contributed by atoms with Crippen molar-refractivity contribution < 1.29 is 24.0 Å². The molecule has 2 rings (SSSR count). The van der Waals surface area contributed by atoms with Crippen LogP contribution in [0.3, 0.4) is 0 Å². The quantitative estimate of drug-likeness (QED) is 0.665. The first-order chi connectivity index (χ1) is 9.49. The molecule has 1 aromatic carbocycles. The van der Waals surface area contributed by atoms with Gasteiger partial charge in [0.05, 0.1) is 11.2 Å². The first-order valence-corrected chi connectivity index (χ1v) is 5.66. The van der Waals surface area contributed by atoms with E-state index in [-0.39, 0.29) is 18.1 Å². The van der Waals surface area contributed by atoms with E-state index >= 15 is 0 Å². The molecule has 0 unspecified atom stereocenters. The van der Waals surface area contributed by atoms with Gasteiger partial charge in [-0.3, -0.25) is 10.1 Å². The van der Waals surface area contributed by atoms with Crippen LogP contribution in [0, 0.1) is 17.0 Å². The average Bonchev–Trinajstić information content (AvgIpc) is 2.85. The number of aromatic carboxylic acids is 1. The van der Waals surface area contributed by atoms with Gasteiger partial charge in [0.15, 0.2) is 0 Å². The maximum atomic E-state index is 10.9. The van der Waals surface area contributed by atoms with Crippen LogP contribution in [0.1, 0.15) is 21.7 Å². The molecule has 0 radical (unpaired) electrons. The molecule has 0 aliphatic rings. The Balaban J connectivity index is 2.13. The lowest BCUT2D eigenvalue weighted by Gasteiger charge is -2.08. The second kappa shape index (κ2) is 5.43. The lowest BCUT2D eigenvalue weighted by Crippen LogP contribution is -2.03. The largest absolute Gasteiger partial charge is 0.488 e. The number of furan rings is 1. The molecule has 20 heavy (non-hydrogen) atoms. The molecule has 1 aromatic heterocycles. The Bertz CT molecular complexity index is 661. The van der Waals surface area contributed by atoms with Gasteiger partial charge in [-0.15, -0.1) is 0 Å². The highest BCUT2D eigenvalue weighted by molar-refractivity contribution is 5.86. The minimum atomic E-state index is -1.17. The van der Waals surface area contributed by atoms with Gasteiger partial charge in [0, 0.05) is 17.7 Å². The number of carboxylic acids is 1. The van der Waals surface area contributed by atoms with E-state index in [1.54, 1.807) is 6.92 Å². The molecule has 1 heterocycles. The fourth-order valence-corrected chi connectivity index (χ4v) is 1.70. The van der Waals surface area contributed by atoms with Crippen molar-refractivity contribution in [1.29, 1.82) is 0 Å². The van der Waals surface area contributed by atoms with Crippen molar-refractivity contribution in [2.24, 2.45) is 0 Å². The van der Waals surface area contributed by atoms with Crippen molar-refractivity contribution in [1.82, 2.24) is 0 Å². The number of aryl methyl sites for hydroxylation is 1. The summed E-state index contributed by atoms with van der Waals surface area (Å²) in [7, 11) is 0. The summed E-state index contributed by atoms with van der Waals surface area (Å²) >= 11 is 0. The number of nitro benzene ring substituents is 1. The third kappa shape index (κ3) is 2.77. The minimum absolute atomic E-state index is 0.0107. The fraction of sp³-hybridized carbons (Fsp3) is 0.154. The van der Waals surface area contributed by atoms with E-state index in [9.17, 15) is 14.9 Å². The van der Waals surface area contributed by atoms with Crippen LogP contribution in [0.15, 0.2) is 34.9 Å². The molecule has 0 fully saturated rings. The van der Waals surface area contributed by atoms with E-state index in [0.29, 0.717) is 16.9 Å². The normalized spacial score (nSPS) is 10.2. The van der Waals surface area contributed by atoms with Crippen LogP contribution in [-0.4, -0.2) is 16.0 Å². The zero-order valence-corrected chi connectivity index (χ0v) is 10.5. The van der Waals surface area contributed by atoms with Crippen molar-refractivity contribution >= 4 is 11.7 Å². The predicted octanol–water partition coefficient (Wildman–Crippen LogP) is 2.77. The van der Waals surface area contributed by atoms with Crippen molar-refractivity contribution in [3.05, 3.63) is 57.5 Å². The van der Waals surface area contributed by atoms with Gasteiger partial charge in [-0.2, -0.15) is 0 Å². The second-order valence-electron chi connectivity index (χ2n) is 4.08. The minimum Gasteiger partial charge on any atom is -0.488 e. The number of hydrogen-bond acceptors (Lipinski definition) is 5. The van der Waals surface area contributed by atoms with Crippen LogP contribution in [0.2, 0.25) is 0 Å². The highest BCUT2D eigenvalue weighted by Crippen LogP contribution is 2.24. The van der Waals surface area contributed by atoms with Crippen molar-refractivity contribution in [3.63, 3.8) is 0 Å². The number of carbonyl (C=O) groups is 1. The summed E-state index contributed by atoms with van der Waals surface area (Å²) in [6.45, 7) is 1.69. The number of nitro groups is 1. The first kappa shape index (κ1) is 13.6. The van der Waals surface area contributed by atoms with Gasteiger partial charge in [0.1, 0.15) is 12.4 Å². The van der Waals surface area contributed by atoms with E-state index in [4.69, 9.17) is 14.3 Å².